The summed E-state index contributed by atoms with van der Waals surface area (Å²) in [6.45, 7) is 10.6. The Morgan fingerprint density at radius 1 is 1.24 bits per heavy atom. The van der Waals surface area contributed by atoms with Crippen molar-refractivity contribution in [2.75, 3.05) is 39.3 Å². The highest BCUT2D eigenvalue weighted by molar-refractivity contribution is 5.83. The number of primary amides is 1. The summed E-state index contributed by atoms with van der Waals surface area (Å²) in [5.41, 5.74) is 10.2. The number of likely N-dealkylation sites (N-methyl/N-ethyl adjacent to an activating group) is 1. The van der Waals surface area contributed by atoms with E-state index in [0.29, 0.717) is 6.42 Å². The molecular formula is C12H26N4O. The first-order valence-electron chi connectivity index (χ1n) is 6.49. The van der Waals surface area contributed by atoms with E-state index in [9.17, 15) is 4.79 Å². The van der Waals surface area contributed by atoms with Crippen LogP contribution in [0.1, 0.15) is 26.7 Å². The number of amides is 1. The summed E-state index contributed by atoms with van der Waals surface area (Å²) in [7, 11) is 0. The second-order valence-corrected chi connectivity index (χ2v) is 5.16. The Morgan fingerprint density at radius 3 is 2.24 bits per heavy atom. The van der Waals surface area contributed by atoms with Gasteiger partial charge < -0.3 is 21.3 Å². The van der Waals surface area contributed by atoms with Crippen molar-refractivity contribution < 1.29 is 4.79 Å². The number of nitrogens with two attached hydrogens (primary N) is 2. The fourth-order valence-corrected chi connectivity index (χ4v) is 2.12. The molecule has 0 aromatic carbocycles. The molecule has 5 heteroatoms. The zero-order valence-electron chi connectivity index (χ0n) is 11.1. The third-order valence-corrected chi connectivity index (χ3v) is 3.65. The zero-order chi connectivity index (χ0) is 12.9. The molecule has 0 aromatic rings. The lowest BCUT2D eigenvalue weighted by Crippen LogP contribution is -2.50. The van der Waals surface area contributed by atoms with Crippen LogP contribution in [-0.4, -0.2) is 60.5 Å². The van der Waals surface area contributed by atoms with Gasteiger partial charge in [0.25, 0.3) is 0 Å². The number of carbonyl (C=O) groups is 1. The summed E-state index contributed by atoms with van der Waals surface area (Å²) in [5.74, 6) is -0.409. The van der Waals surface area contributed by atoms with E-state index in [-0.39, 0.29) is 0 Å². The number of carbonyl (C=O) groups excluding carboxylic acids is 1. The van der Waals surface area contributed by atoms with Crippen LogP contribution in [0.15, 0.2) is 0 Å². The lowest BCUT2D eigenvalue weighted by molar-refractivity contribution is -0.122. The highest BCUT2D eigenvalue weighted by atomic mass is 16.1. The van der Waals surface area contributed by atoms with Gasteiger partial charge in [0.2, 0.25) is 5.91 Å². The Kier molecular flexibility index (Phi) is 5.36. The summed E-state index contributed by atoms with van der Waals surface area (Å²) in [6, 6.07) is 0. The normalized spacial score (nSPS) is 22.3. The van der Waals surface area contributed by atoms with Crippen LogP contribution >= 0.6 is 0 Å². The minimum absolute atomic E-state index is 0.409. The Morgan fingerprint density at radius 2 is 1.76 bits per heavy atom. The predicted octanol–water partition coefficient (Wildman–Crippen LogP) is -0.393. The van der Waals surface area contributed by atoms with E-state index in [0.717, 1.165) is 45.7 Å². The third kappa shape index (κ3) is 4.61. The fraction of sp³-hybridized carbons (Fsp3) is 0.917. The number of piperazine rings is 1. The van der Waals surface area contributed by atoms with E-state index in [4.69, 9.17) is 11.5 Å². The van der Waals surface area contributed by atoms with Crippen molar-refractivity contribution in [2.24, 2.45) is 11.5 Å². The molecule has 1 aliphatic heterocycles. The van der Waals surface area contributed by atoms with Crippen LogP contribution in [0.2, 0.25) is 0 Å². The van der Waals surface area contributed by atoms with Crippen molar-refractivity contribution in [3.05, 3.63) is 0 Å². The Balaban J connectivity index is 2.18. The van der Waals surface area contributed by atoms with Crippen LogP contribution in [-0.2, 0) is 4.79 Å². The zero-order valence-corrected chi connectivity index (χ0v) is 11.1. The molecule has 0 bridgehead atoms. The molecule has 1 amide bonds. The van der Waals surface area contributed by atoms with Crippen LogP contribution in [0.3, 0.4) is 0 Å². The average Bonchev–Trinajstić information content (AvgIpc) is 2.29. The number of hydrogen-bond donors (Lipinski definition) is 2. The van der Waals surface area contributed by atoms with Crippen LogP contribution in [0.4, 0.5) is 0 Å². The summed E-state index contributed by atoms with van der Waals surface area (Å²) in [6.07, 6.45) is 1.60. The Hall–Kier alpha value is -0.650. The van der Waals surface area contributed by atoms with E-state index < -0.39 is 11.4 Å². The number of rotatable bonds is 6. The topological polar surface area (TPSA) is 75.6 Å². The maximum absolute atomic E-state index is 11.1. The number of hydrogen-bond acceptors (Lipinski definition) is 4. The quantitative estimate of drug-likeness (QED) is 0.665. The van der Waals surface area contributed by atoms with Gasteiger partial charge in [0, 0.05) is 26.2 Å². The SMILES string of the molecule is CCN1CCN(CCCC(C)(N)C(N)=O)CC1. The molecule has 4 N–H and O–H groups in total. The van der Waals surface area contributed by atoms with Gasteiger partial charge in [-0.3, -0.25) is 4.79 Å². The van der Waals surface area contributed by atoms with Gasteiger partial charge in [-0.2, -0.15) is 0 Å². The van der Waals surface area contributed by atoms with Crippen molar-refractivity contribution in [1.29, 1.82) is 0 Å². The molecule has 5 nitrogen and oxygen atoms in total. The summed E-state index contributed by atoms with van der Waals surface area (Å²) >= 11 is 0. The van der Waals surface area contributed by atoms with Gasteiger partial charge in [-0.05, 0) is 32.9 Å². The largest absolute Gasteiger partial charge is 0.368 e. The first-order valence-corrected chi connectivity index (χ1v) is 6.49. The predicted molar refractivity (Wildman–Crippen MR) is 69.6 cm³/mol. The van der Waals surface area contributed by atoms with Crippen molar-refractivity contribution in [3.63, 3.8) is 0 Å². The second-order valence-electron chi connectivity index (χ2n) is 5.16. The van der Waals surface area contributed by atoms with Gasteiger partial charge in [-0.1, -0.05) is 6.92 Å². The molecule has 1 rings (SSSR count). The average molecular weight is 242 g/mol. The van der Waals surface area contributed by atoms with Gasteiger partial charge in [-0.15, -0.1) is 0 Å². The van der Waals surface area contributed by atoms with Gasteiger partial charge >= 0.3 is 0 Å². The van der Waals surface area contributed by atoms with Crippen LogP contribution in [0, 0.1) is 0 Å². The minimum Gasteiger partial charge on any atom is -0.368 e. The van der Waals surface area contributed by atoms with Crippen LogP contribution < -0.4 is 11.5 Å². The Bertz CT molecular complexity index is 247. The fourth-order valence-electron chi connectivity index (χ4n) is 2.12. The molecule has 1 atom stereocenters. The Labute approximate surface area is 104 Å². The van der Waals surface area contributed by atoms with Crippen LogP contribution in [0.25, 0.3) is 0 Å². The highest BCUT2D eigenvalue weighted by Crippen LogP contribution is 2.10. The molecule has 1 aliphatic rings. The third-order valence-electron chi connectivity index (χ3n) is 3.65. The highest BCUT2D eigenvalue weighted by Gasteiger charge is 2.25. The van der Waals surface area contributed by atoms with E-state index in [1.54, 1.807) is 6.92 Å². The maximum Gasteiger partial charge on any atom is 0.237 e. The van der Waals surface area contributed by atoms with Crippen molar-refractivity contribution in [1.82, 2.24) is 9.80 Å². The molecular weight excluding hydrogens is 216 g/mol. The molecule has 1 saturated heterocycles. The van der Waals surface area contributed by atoms with Crippen molar-refractivity contribution in [3.8, 4) is 0 Å². The monoisotopic (exact) mass is 242 g/mol. The van der Waals surface area contributed by atoms with Crippen molar-refractivity contribution in [2.45, 2.75) is 32.2 Å². The number of nitrogens with zero attached hydrogens (tertiary/aromatic N) is 2. The molecule has 1 unspecified atom stereocenters. The molecule has 100 valence electrons. The molecule has 0 saturated carbocycles. The first kappa shape index (κ1) is 14.4. The summed E-state index contributed by atoms with van der Waals surface area (Å²) in [4.78, 5) is 15.9. The van der Waals surface area contributed by atoms with E-state index in [1.165, 1.54) is 0 Å². The smallest absolute Gasteiger partial charge is 0.237 e. The van der Waals surface area contributed by atoms with Gasteiger partial charge in [0.1, 0.15) is 0 Å². The van der Waals surface area contributed by atoms with E-state index >= 15 is 0 Å². The summed E-state index contributed by atoms with van der Waals surface area (Å²) in [5, 5.41) is 0. The van der Waals surface area contributed by atoms with E-state index in [1.807, 2.05) is 0 Å². The van der Waals surface area contributed by atoms with Gasteiger partial charge in [0.05, 0.1) is 5.54 Å². The molecule has 1 heterocycles. The maximum atomic E-state index is 11.1. The molecule has 0 aromatic heterocycles. The molecule has 0 spiro atoms. The van der Waals surface area contributed by atoms with E-state index in [2.05, 4.69) is 16.7 Å². The van der Waals surface area contributed by atoms with Crippen LogP contribution in [0.5, 0.6) is 0 Å². The molecule has 0 aliphatic carbocycles. The molecule has 0 radical (unpaired) electrons. The second kappa shape index (κ2) is 6.33. The van der Waals surface area contributed by atoms with Gasteiger partial charge in [0.15, 0.2) is 0 Å². The lowest BCUT2D eigenvalue weighted by atomic mass is 9.96. The molecule has 1 fully saturated rings. The summed E-state index contributed by atoms with van der Waals surface area (Å²) < 4.78 is 0. The minimum atomic E-state index is -0.856. The van der Waals surface area contributed by atoms with Crippen molar-refractivity contribution >= 4 is 5.91 Å². The first-order chi connectivity index (χ1) is 7.95. The lowest BCUT2D eigenvalue weighted by Gasteiger charge is -2.34. The standard InChI is InChI=1S/C12H26N4O/c1-3-15-7-9-16(10-8-15)6-4-5-12(2,14)11(13)17/h3-10,14H2,1-2H3,(H2,13,17). The molecule has 17 heavy (non-hydrogen) atoms. The van der Waals surface area contributed by atoms with Gasteiger partial charge in [-0.25, -0.2) is 0 Å².